The smallest absolute Gasteiger partial charge is 0.410 e. The molecule has 0 bridgehead atoms. The highest BCUT2D eigenvalue weighted by atomic mass is 16.7. The molecule has 11 nitrogen and oxygen atoms in total. The highest BCUT2D eigenvalue weighted by molar-refractivity contribution is 6.03. The maximum absolute atomic E-state index is 14.5. The lowest BCUT2D eigenvalue weighted by Crippen LogP contribution is -2.70. The van der Waals surface area contributed by atoms with Crippen molar-refractivity contribution in [2.24, 2.45) is 22.9 Å². The quantitative estimate of drug-likeness (QED) is 0.0411. The Morgan fingerprint density at radius 2 is 1.73 bits per heavy atom. The molecule has 1 aliphatic heterocycles. The van der Waals surface area contributed by atoms with Gasteiger partial charge in [-0.25, -0.2) is 4.79 Å². The number of hydrogen-bond acceptors (Lipinski definition) is 10. The van der Waals surface area contributed by atoms with Crippen LogP contribution in [0.25, 0.3) is 10.8 Å². The number of benzene rings is 4. The van der Waals surface area contributed by atoms with Crippen molar-refractivity contribution in [1.29, 1.82) is 0 Å². The summed E-state index contributed by atoms with van der Waals surface area (Å²) >= 11 is 0. The number of unbranched alkanes of at least 4 members (excludes halogenated alkanes) is 2. The molecule has 2 N–H and O–H groups in total. The number of aldehydes is 1. The first-order valence-corrected chi connectivity index (χ1v) is 21.1. The second kappa shape index (κ2) is 19.7. The van der Waals surface area contributed by atoms with Gasteiger partial charge >= 0.3 is 6.09 Å². The molecule has 1 heterocycles. The van der Waals surface area contributed by atoms with Crippen molar-refractivity contribution in [2.75, 3.05) is 33.5 Å². The monoisotopic (exact) mass is 816 g/mol. The number of ether oxygens (including phenoxy) is 4. The molecular weight excluding hydrogens is 761 g/mol. The van der Waals surface area contributed by atoms with Crippen LogP contribution in [0.4, 0.5) is 4.79 Å². The van der Waals surface area contributed by atoms with E-state index in [-0.39, 0.29) is 57.1 Å². The number of carbonyl (C=O) groups excluding carboxylic acids is 2. The van der Waals surface area contributed by atoms with E-state index in [4.69, 9.17) is 28.9 Å². The Hall–Kier alpha value is -5.49. The van der Waals surface area contributed by atoms with Gasteiger partial charge in [-0.2, -0.15) is 0 Å². The molecule has 1 saturated carbocycles. The SMILES string of the molecule is C=CCO[C@@]12Oc3ccc(Oc4cccc(C=O)c4)cc3[C@H]3[C@H](CCCCO)[C@@H](CCCCO)C=C(C(=NOC)C[C@@H]1N(Cc1cccc4ccccc14)C(=O)OCC)[C@H]32. The van der Waals surface area contributed by atoms with Crippen molar-refractivity contribution >= 4 is 28.9 Å². The minimum absolute atomic E-state index is 0.0312. The number of aliphatic hydroxyl groups is 2. The van der Waals surface area contributed by atoms with E-state index in [9.17, 15) is 19.8 Å². The molecule has 7 rings (SSSR count). The van der Waals surface area contributed by atoms with Crippen molar-refractivity contribution in [3.8, 4) is 17.2 Å². The molecule has 316 valence electrons. The van der Waals surface area contributed by atoms with Gasteiger partial charge in [0, 0.05) is 36.7 Å². The first kappa shape index (κ1) is 42.6. The van der Waals surface area contributed by atoms with E-state index in [1.54, 1.807) is 36.1 Å². The lowest BCUT2D eigenvalue weighted by molar-refractivity contribution is -0.256. The number of oxime groups is 1. The van der Waals surface area contributed by atoms with Crippen LogP contribution in [-0.2, 0) is 20.9 Å². The van der Waals surface area contributed by atoms with Gasteiger partial charge in [0.2, 0.25) is 5.79 Å². The van der Waals surface area contributed by atoms with Crippen molar-refractivity contribution in [2.45, 2.75) is 76.2 Å². The molecule has 1 fully saturated rings. The van der Waals surface area contributed by atoms with Gasteiger partial charge in [-0.1, -0.05) is 84.7 Å². The summed E-state index contributed by atoms with van der Waals surface area (Å²) in [4.78, 5) is 33.5. The van der Waals surface area contributed by atoms with Crippen LogP contribution in [0, 0.1) is 17.8 Å². The zero-order valence-electron chi connectivity index (χ0n) is 34.5. The molecule has 11 heteroatoms. The van der Waals surface area contributed by atoms with Crippen LogP contribution in [-0.4, -0.2) is 78.6 Å². The molecule has 60 heavy (non-hydrogen) atoms. The zero-order chi connectivity index (χ0) is 42.1. The van der Waals surface area contributed by atoms with Crippen molar-refractivity contribution in [3.63, 3.8) is 0 Å². The summed E-state index contributed by atoms with van der Waals surface area (Å²) in [7, 11) is 1.53. The van der Waals surface area contributed by atoms with Gasteiger partial charge in [-0.15, -0.1) is 6.58 Å². The van der Waals surface area contributed by atoms with E-state index >= 15 is 0 Å². The second-order valence-electron chi connectivity index (χ2n) is 15.7. The van der Waals surface area contributed by atoms with Crippen LogP contribution in [0.2, 0.25) is 0 Å². The van der Waals surface area contributed by atoms with E-state index < -0.39 is 23.8 Å². The van der Waals surface area contributed by atoms with Crippen LogP contribution < -0.4 is 9.47 Å². The first-order valence-electron chi connectivity index (χ1n) is 21.1. The molecule has 0 saturated heterocycles. The highest BCUT2D eigenvalue weighted by Gasteiger charge is 2.65. The number of hydrogen-bond donors (Lipinski definition) is 2. The van der Waals surface area contributed by atoms with Gasteiger partial charge in [0.1, 0.15) is 36.7 Å². The molecular formula is C49H56N2O9. The number of fused-ring (bicyclic) bond motifs is 3. The van der Waals surface area contributed by atoms with Gasteiger partial charge in [0.25, 0.3) is 0 Å². The third-order valence-corrected chi connectivity index (χ3v) is 12.2. The molecule has 0 spiro atoms. The predicted molar refractivity (Wildman–Crippen MR) is 230 cm³/mol. The minimum atomic E-state index is -1.45. The molecule has 6 atom stereocenters. The van der Waals surface area contributed by atoms with Crippen LogP contribution in [0.1, 0.15) is 79.3 Å². The molecule has 0 radical (unpaired) electrons. The number of aliphatic hydroxyl groups excluding tert-OH is 2. The van der Waals surface area contributed by atoms with E-state index in [1.165, 1.54) is 7.11 Å². The Balaban J connectivity index is 1.45. The number of allylic oxidation sites excluding steroid dienone is 1. The summed E-state index contributed by atoms with van der Waals surface area (Å²) in [6.07, 6.45) is 9.06. The van der Waals surface area contributed by atoms with Gasteiger partial charge in [-0.3, -0.25) is 9.69 Å². The summed E-state index contributed by atoms with van der Waals surface area (Å²) in [5.74, 6) is -0.393. The molecule has 0 unspecified atom stereocenters. The predicted octanol–water partition coefficient (Wildman–Crippen LogP) is 9.37. The van der Waals surface area contributed by atoms with Gasteiger partial charge < -0.3 is 34.0 Å². The first-order chi connectivity index (χ1) is 29.4. The fraction of sp³-hybridized carbons (Fsp3) is 0.408. The van der Waals surface area contributed by atoms with E-state index in [2.05, 4.69) is 30.9 Å². The van der Waals surface area contributed by atoms with Gasteiger partial charge in [-0.05, 0) is 96.7 Å². The molecule has 1 amide bonds. The lowest BCUT2D eigenvalue weighted by Gasteiger charge is -2.59. The van der Waals surface area contributed by atoms with Crippen LogP contribution >= 0.6 is 0 Å². The summed E-state index contributed by atoms with van der Waals surface area (Å²) in [5.41, 5.74) is 3.98. The van der Waals surface area contributed by atoms with Crippen molar-refractivity contribution in [1.82, 2.24) is 4.90 Å². The molecule has 0 aromatic heterocycles. The number of carbonyl (C=O) groups is 2. The Kier molecular flexibility index (Phi) is 14.0. The molecule has 2 aliphatic carbocycles. The highest BCUT2D eigenvalue weighted by Crippen LogP contribution is 2.62. The van der Waals surface area contributed by atoms with Crippen LogP contribution in [0.3, 0.4) is 0 Å². The zero-order valence-corrected chi connectivity index (χ0v) is 34.5. The standard InChI is InChI=1S/C49H56N2O9/c1-4-26-58-49-45(51(48(55)57-5-2)31-36-18-13-17-34-15-6-7-20-39(34)36)30-43(50-56-3)41-28-35(16-8-10-24-52)40(21-9-11-25-53)46(47(41)49)42-29-38(22-23-44(42)60-49)59-37-19-12-14-33(27-37)32-54/h4,6-7,12-15,17-20,22-23,27-29,32,35,40,45-47,52-53H,1,5,8-11,16,21,24-26,30-31H2,2-3H3/t35-,40+,45-,46+,47+,49+/m0/s1. The largest absolute Gasteiger partial charge is 0.459 e. The maximum atomic E-state index is 14.5. The molecule has 3 aliphatic rings. The molecule has 4 aromatic carbocycles. The Bertz CT molecular complexity index is 2200. The normalized spacial score (nSPS) is 23.4. The minimum Gasteiger partial charge on any atom is -0.459 e. The number of nitrogens with zero attached hydrogens (tertiary/aromatic N) is 2. The van der Waals surface area contributed by atoms with E-state index in [0.29, 0.717) is 41.4 Å². The average Bonchev–Trinajstić information content (AvgIpc) is 3.27. The van der Waals surface area contributed by atoms with Gasteiger partial charge in [0.05, 0.1) is 31.4 Å². The second-order valence-corrected chi connectivity index (χ2v) is 15.7. The van der Waals surface area contributed by atoms with Crippen molar-refractivity contribution < 1.29 is 43.6 Å². The summed E-state index contributed by atoms with van der Waals surface area (Å²) in [6.45, 7) is 6.51. The average molecular weight is 817 g/mol. The Labute approximate surface area is 352 Å². The Morgan fingerprint density at radius 1 is 0.967 bits per heavy atom. The summed E-state index contributed by atoms with van der Waals surface area (Å²) < 4.78 is 26.7. The fourth-order valence-electron chi connectivity index (χ4n) is 9.73. The topological polar surface area (TPSA) is 136 Å². The summed E-state index contributed by atoms with van der Waals surface area (Å²) in [5, 5.41) is 26.6. The van der Waals surface area contributed by atoms with E-state index in [0.717, 1.165) is 59.4 Å². The van der Waals surface area contributed by atoms with Crippen LogP contribution in [0.5, 0.6) is 17.2 Å². The third kappa shape index (κ3) is 8.71. The number of amides is 1. The molecule has 4 aromatic rings. The van der Waals surface area contributed by atoms with E-state index in [1.807, 2.05) is 48.5 Å². The fourth-order valence-corrected chi connectivity index (χ4v) is 9.73. The third-order valence-electron chi connectivity index (χ3n) is 12.2. The number of rotatable bonds is 19. The Morgan fingerprint density at radius 3 is 2.50 bits per heavy atom. The summed E-state index contributed by atoms with van der Waals surface area (Å²) in [6, 6.07) is 26.2. The van der Waals surface area contributed by atoms with Gasteiger partial charge in [0.15, 0.2) is 0 Å². The van der Waals surface area contributed by atoms with Crippen LogP contribution in [0.15, 0.2) is 114 Å². The lowest BCUT2D eigenvalue weighted by atomic mass is 9.55. The van der Waals surface area contributed by atoms with Crippen molar-refractivity contribution in [3.05, 3.63) is 126 Å². The maximum Gasteiger partial charge on any atom is 0.410 e.